The third-order valence-electron chi connectivity index (χ3n) is 5.97. The molecule has 8 nitrogen and oxygen atoms in total. The number of nitrogens with one attached hydrogen (secondary N) is 2. The summed E-state index contributed by atoms with van der Waals surface area (Å²) < 4.78 is 69.5. The molecule has 4 aromatic rings. The van der Waals surface area contributed by atoms with Crippen molar-refractivity contribution in [3.8, 4) is 0 Å². The van der Waals surface area contributed by atoms with Crippen molar-refractivity contribution in [2.75, 3.05) is 20.9 Å². The van der Waals surface area contributed by atoms with Crippen molar-refractivity contribution in [3.63, 3.8) is 0 Å². The van der Waals surface area contributed by atoms with E-state index in [1.165, 1.54) is 48.5 Å². The van der Waals surface area contributed by atoms with Crippen LogP contribution in [0.25, 0.3) is 0 Å². The van der Waals surface area contributed by atoms with Gasteiger partial charge in [-0.2, -0.15) is 0 Å². The maximum absolute atomic E-state index is 13.5. The molecule has 0 aliphatic carbocycles. The Hall–Kier alpha value is -3.93. The van der Waals surface area contributed by atoms with E-state index in [2.05, 4.69) is 10.0 Å². The highest BCUT2D eigenvalue weighted by Crippen LogP contribution is 2.27. The molecule has 0 saturated carbocycles. The lowest BCUT2D eigenvalue weighted by Gasteiger charge is -2.24. The molecular weight excluding hydrogens is 577 g/mol. The quantitative estimate of drug-likeness (QED) is 0.254. The number of hydrogen-bond donors (Lipinski definition) is 2. The second-order valence-electron chi connectivity index (χ2n) is 8.89. The normalized spacial score (nSPS) is 11.6. The fourth-order valence-electron chi connectivity index (χ4n) is 3.73. The van der Waals surface area contributed by atoms with Crippen LogP contribution in [0.2, 0.25) is 5.02 Å². The molecule has 4 aromatic carbocycles. The molecule has 12 heteroatoms. The van der Waals surface area contributed by atoms with Gasteiger partial charge in [-0.1, -0.05) is 35.4 Å². The van der Waals surface area contributed by atoms with Crippen molar-refractivity contribution in [2.45, 2.75) is 23.6 Å². The molecule has 0 unspecified atom stereocenters. The van der Waals surface area contributed by atoms with Gasteiger partial charge in [0.05, 0.1) is 21.2 Å². The zero-order valence-corrected chi connectivity index (χ0v) is 23.8. The Kier molecular flexibility index (Phi) is 8.48. The van der Waals surface area contributed by atoms with E-state index >= 15 is 0 Å². The molecule has 0 radical (unpaired) electrons. The first-order chi connectivity index (χ1) is 18.9. The van der Waals surface area contributed by atoms with Crippen LogP contribution in [-0.4, -0.2) is 29.3 Å². The Bertz CT molecular complexity index is 1750. The van der Waals surface area contributed by atoms with Gasteiger partial charge in [0.2, 0.25) is 5.91 Å². The van der Waals surface area contributed by atoms with E-state index in [0.29, 0.717) is 16.3 Å². The fourth-order valence-corrected chi connectivity index (χ4v) is 6.45. The predicted octanol–water partition coefficient (Wildman–Crippen LogP) is 5.73. The molecule has 0 aliphatic rings. The standard InChI is InChI=1S/C28H25ClFN3O5S2/c1-19-6-14-25(15-7-19)40(37,38)33(23-12-8-21(30)9-13-23)18-28(34)31-22-10-16-24(17-11-22)39(35,36)32-27-5-3-4-26(29)20(27)2/h3-17,32H,18H2,1-2H3,(H,31,34). The highest BCUT2D eigenvalue weighted by molar-refractivity contribution is 7.93. The number of amides is 1. The van der Waals surface area contributed by atoms with Gasteiger partial charge in [-0.15, -0.1) is 0 Å². The van der Waals surface area contributed by atoms with E-state index < -0.39 is 38.3 Å². The molecule has 0 saturated heterocycles. The Labute approximate surface area is 237 Å². The lowest BCUT2D eigenvalue weighted by atomic mass is 10.2. The third-order valence-corrected chi connectivity index (χ3v) is 9.55. The fraction of sp³-hybridized carbons (Fsp3) is 0.107. The maximum atomic E-state index is 13.5. The first kappa shape index (κ1) is 29.1. The summed E-state index contributed by atoms with van der Waals surface area (Å²) in [4.78, 5) is 12.9. The van der Waals surface area contributed by atoms with Crippen molar-refractivity contribution in [1.82, 2.24) is 0 Å². The number of carbonyl (C=O) groups excluding carboxylic acids is 1. The summed E-state index contributed by atoms with van der Waals surface area (Å²) in [6, 6.07) is 21.1. The first-order valence-electron chi connectivity index (χ1n) is 11.9. The number of anilines is 3. The van der Waals surface area contributed by atoms with Gasteiger partial charge in [-0.3, -0.25) is 13.8 Å². The van der Waals surface area contributed by atoms with E-state index in [0.717, 1.165) is 22.0 Å². The molecule has 0 aromatic heterocycles. The van der Waals surface area contributed by atoms with Crippen molar-refractivity contribution in [3.05, 3.63) is 113 Å². The third kappa shape index (κ3) is 6.61. The molecule has 0 atom stereocenters. The summed E-state index contributed by atoms with van der Waals surface area (Å²) in [5, 5.41) is 2.99. The predicted molar refractivity (Wildman–Crippen MR) is 154 cm³/mol. The highest BCUT2D eigenvalue weighted by atomic mass is 35.5. The van der Waals surface area contributed by atoms with Crippen LogP contribution in [0.4, 0.5) is 21.5 Å². The molecule has 2 N–H and O–H groups in total. The van der Waals surface area contributed by atoms with Gasteiger partial charge >= 0.3 is 0 Å². The Morgan fingerprint density at radius 2 is 1.43 bits per heavy atom. The molecule has 0 fully saturated rings. The summed E-state index contributed by atoms with van der Waals surface area (Å²) in [6.45, 7) is 2.89. The molecule has 4 rings (SSSR count). The smallest absolute Gasteiger partial charge is 0.264 e. The van der Waals surface area contributed by atoms with E-state index in [1.807, 2.05) is 6.92 Å². The molecule has 0 heterocycles. The van der Waals surface area contributed by atoms with Gasteiger partial charge in [-0.05, 0) is 92.2 Å². The summed E-state index contributed by atoms with van der Waals surface area (Å²) >= 11 is 6.08. The zero-order chi connectivity index (χ0) is 29.1. The van der Waals surface area contributed by atoms with E-state index in [1.54, 1.807) is 37.3 Å². The van der Waals surface area contributed by atoms with Crippen molar-refractivity contribution < 1.29 is 26.0 Å². The van der Waals surface area contributed by atoms with Gasteiger partial charge in [0.25, 0.3) is 20.0 Å². The number of aryl methyl sites for hydroxylation is 1. The van der Waals surface area contributed by atoms with Crippen molar-refractivity contribution in [1.29, 1.82) is 0 Å². The van der Waals surface area contributed by atoms with Crippen LogP contribution in [0, 0.1) is 19.7 Å². The minimum atomic E-state index is -4.18. The Morgan fingerprint density at radius 3 is 2.05 bits per heavy atom. The average Bonchev–Trinajstić information content (AvgIpc) is 2.91. The SMILES string of the molecule is Cc1ccc(S(=O)(=O)N(CC(=O)Nc2ccc(S(=O)(=O)Nc3cccc(Cl)c3C)cc2)c2ccc(F)cc2)cc1. The molecule has 40 heavy (non-hydrogen) atoms. The number of nitrogens with zero attached hydrogens (tertiary/aromatic N) is 1. The van der Waals surface area contributed by atoms with Gasteiger partial charge < -0.3 is 5.32 Å². The Balaban J connectivity index is 1.53. The second-order valence-corrected chi connectivity index (χ2v) is 12.8. The van der Waals surface area contributed by atoms with Crippen LogP contribution < -0.4 is 14.3 Å². The van der Waals surface area contributed by atoms with E-state index in [9.17, 15) is 26.0 Å². The summed E-state index contributed by atoms with van der Waals surface area (Å²) in [5.41, 5.74) is 2.10. The number of benzene rings is 4. The maximum Gasteiger partial charge on any atom is 0.264 e. The van der Waals surface area contributed by atoms with E-state index in [-0.39, 0.29) is 21.2 Å². The van der Waals surface area contributed by atoms with Crippen LogP contribution in [0.1, 0.15) is 11.1 Å². The lowest BCUT2D eigenvalue weighted by molar-refractivity contribution is -0.114. The summed E-state index contributed by atoms with van der Waals surface area (Å²) in [6.07, 6.45) is 0. The average molecular weight is 602 g/mol. The number of rotatable bonds is 9. The first-order valence-corrected chi connectivity index (χ1v) is 15.2. The van der Waals surface area contributed by atoms with Crippen LogP contribution in [0.5, 0.6) is 0 Å². The number of hydrogen-bond acceptors (Lipinski definition) is 5. The largest absolute Gasteiger partial charge is 0.325 e. The zero-order valence-electron chi connectivity index (χ0n) is 21.4. The molecule has 0 spiro atoms. The minimum Gasteiger partial charge on any atom is -0.325 e. The number of carbonyl (C=O) groups is 1. The molecular formula is C28H25ClFN3O5S2. The number of sulfonamides is 2. The lowest BCUT2D eigenvalue weighted by Crippen LogP contribution is -2.38. The van der Waals surface area contributed by atoms with Crippen molar-refractivity contribution >= 4 is 54.6 Å². The monoisotopic (exact) mass is 601 g/mol. The minimum absolute atomic E-state index is 0.0350. The van der Waals surface area contributed by atoms with Crippen LogP contribution >= 0.6 is 11.6 Å². The van der Waals surface area contributed by atoms with Gasteiger partial charge in [-0.25, -0.2) is 21.2 Å². The summed E-state index contributed by atoms with van der Waals surface area (Å²) in [5.74, 6) is -1.25. The molecule has 0 bridgehead atoms. The second kappa shape index (κ2) is 11.7. The molecule has 208 valence electrons. The summed E-state index contributed by atoms with van der Waals surface area (Å²) in [7, 11) is -8.13. The van der Waals surface area contributed by atoms with E-state index in [4.69, 9.17) is 11.6 Å². The van der Waals surface area contributed by atoms with Gasteiger partial charge in [0, 0.05) is 10.7 Å². The van der Waals surface area contributed by atoms with Crippen molar-refractivity contribution in [2.24, 2.45) is 0 Å². The highest BCUT2D eigenvalue weighted by Gasteiger charge is 2.27. The van der Waals surface area contributed by atoms with Crippen LogP contribution in [0.3, 0.4) is 0 Å². The molecule has 1 amide bonds. The van der Waals surface area contributed by atoms with Gasteiger partial charge in [0.15, 0.2) is 0 Å². The topological polar surface area (TPSA) is 113 Å². The number of halogens is 2. The van der Waals surface area contributed by atoms with Crippen LogP contribution in [-0.2, 0) is 24.8 Å². The van der Waals surface area contributed by atoms with Crippen LogP contribution in [0.15, 0.2) is 101 Å². The molecule has 0 aliphatic heterocycles. The van der Waals surface area contributed by atoms with Gasteiger partial charge in [0.1, 0.15) is 12.4 Å². The Morgan fingerprint density at radius 1 is 0.825 bits per heavy atom.